The van der Waals surface area contributed by atoms with Crippen molar-refractivity contribution in [1.29, 1.82) is 0 Å². The van der Waals surface area contributed by atoms with Crippen molar-refractivity contribution in [3.63, 3.8) is 0 Å². The van der Waals surface area contributed by atoms with Crippen LogP contribution in [-0.2, 0) is 4.79 Å². The van der Waals surface area contributed by atoms with Crippen molar-refractivity contribution in [2.75, 3.05) is 13.2 Å². The minimum atomic E-state index is -0.330. The fourth-order valence-corrected chi connectivity index (χ4v) is 4.02. The summed E-state index contributed by atoms with van der Waals surface area (Å²) in [7, 11) is 0. The van der Waals surface area contributed by atoms with E-state index in [9.17, 15) is 9.18 Å². The first kappa shape index (κ1) is 20.1. The number of nitrogens with zero attached hydrogens (tertiary/aromatic N) is 3. The molecule has 3 heterocycles. The van der Waals surface area contributed by atoms with Gasteiger partial charge in [-0.15, -0.1) is 0 Å². The minimum absolute atomic E-state index is 0.00768. The third-order valence-corrected chi connectivity index (χ3v) is 5.49. The molecule has 4 rings (SSSR count). The smallest absolute Gasteiger partial charge is 0.223 e. The highest BCUT2D eigenvalue weighted by Crippen LogP contribution is 2.37. The molecular formula is C23H25FN4O2. The number of ether oxygens (including phenoxy) is 1. The maximum absolute atomic E-state index is 13.2. The molecule has 3 aromatic rings. The number of hydrogen-bond acceptors (Lipinski definition) is 4. The fourth-order valence-electron chi connectivity index (χ4n) is 4.02. The van der Waals surface area contributed by atoms with Crippen LogP contribution in [0.15, 0.2) is 48.9 Å². The Morgan fingerprint density at radius 2 is 2.20 bits per heavy atom. The van der Waals surface area contributed by atoms with E-state index in [1.165, 1.54) is 12.1 Å². The summed E-state index contributed by atoms with van der Waals surface area (Å²) in [5.41, 5.74) is 4.15. The number of pyridine rings is 1. The summed E-state index contributed by atoms with van der Waals surface area (Å²) in [6.45, 7) is 3.14. The van der Waals surface area contributed by atoms with Gasteiger partial charge in [-0.3, -0.25) is 14.9 Å². The van der Waals surface area contributed by atoms with E-state index in [1.807, 2.05) is 30.3 Å². The molecule has 0 aliphatic carbocycles. The lowest BCUT2D eigenvalue weighted by atomic mass is 9.98. The van der Waals surface area contributed by atoms with Crippen molar-refractivity contribution in [2.24, 2.45) is 0 Å². The number of aromatic nitrogens is 3. The maximum Gasteiger partial charge on any atom is 0.223 e. The highest BCUT2D eigenvalue weighted by molar-refractivity contribution is 5.78. The number of halogens is 1. The van der Waals surface area contributed by atoms with E-state index in [-0.39, 0.29) is 17.8 Å². The molecule has 1 unspecified atom stereocenters. The lowest BCUT2D eigenvalue weighted by Crippen LogP contribution is -2.31. The van der Waals surface area contributed by atoms with Gasteiger partial charge in [-0.2, -0.15) is 5.10 Å². The van der Waals surface area contributed by atoms with Gasteiger partial charge < -0.3 is 9.64 Å². The van der Waals surface area contributed by atoms with E-state index in [1.54, 1.807) is 18.3 Å². The number of aromatic amines is 1. The first-order valence-electron chi connectivity index (χ1n) is 10.3. The van der Waals surface area contributed by atoms with E-state index in [0.717, 1.165) is 41.8 Å². The normalized spacial score (nSPS) is 16.1. The summed E-state index contributed by atoms with van der Waals surface area (Å²) in [5.74, 6) is 0.256. The first-order chi connectivity index (χ1) is 14.6. The van der Waals surface area contributed by atoms with Gasteiger partial charge in [-0.1, -0.05) is 6.07 Å². The fraction of sp³-hybridized carbons (Fsp3) is 0.348. The Bertz CT molecular complexity index is 1020. The van der Waals surface area contributed by atoms with Crippen molar-refractivity contribution in [1.82, 2.24) is 20.1 Å². The summed E-state index contributed by atoms with van der Waals surface area (Å²) in [6.07, 6.45) is 8.28. The number of benzene rings is 1. The number of hydrogen-bond donors (Lipinski definition) is 1. The number of aryl methyl sites for hydroxylation is 1. The second-order valence-electron chi connectivity index (χ2n) is 7.54. The van der Waals surface area contributed by atoms with Gasteiger partial charge in [0.25, 0.3) is 0 Å². The van der Waals surface area contributed by atoms with Crippen LogP contribution in [-0.4, -0.2) is 39.1 Å². The van der Waals surface area contributed by atoms with Crippen molar-refractivity contribution >= 4 is 5.91 Å². The quantitative estimate of drug-likeness (QED) is 0.587. The molecule has 2 aromatic heterocycles. The van der Waals surface area contributed by atoms with Gasteiger partial charge in [-0.05, 0) is 55.5 Å². The van der Waals surface area contributed by atoms with Gasteiger partial charge in [0.15, 0.2) is 0 Å². The standard InChI is InChI=1S/C23H25FN4O2/c1-16-14-25-10-9-19(16)20-15-26-27-23(20)21-7-3-11-28(21)22(29)8-4-12-30-18-6-2-5-17(24)13-18/h2,5-6,9-10,13-15,21H,3-4,7-8,11-12H2,1H3,(H,26,27). The summed E-state index contributed by atoms with van der Waals surface area (Å²) in [6, 6.07) is 8.01. The number of carbonyl (C=O) groups excluding carboxylic acids is 1. The van der Waals surface area contributed by atoms with Gasteiger partial charge in [0.1, 0.15) is 11.6 Å². The van der Waals surface area contributed by atoms with Crippen LogP contribution in [0.5, 0.6) is 5.75 Å². The van der Waals surface area contributed by atoms with Crippen LogP contribution in [0.1, 0.15) is 43.0 Å². The number of rotatable bonds is 7. The van der Waals surface area contributed by atoms with Gasteiger partial charge in [0.05, 0.1) is 24.5 Å². The highest BCUT2D eigenvalue weighted by atomic mass is 19.1. The molecule has 1 aromatic carbocycles. The zero-order valence-electron chi connectivity index (χ0n) is 17.0. The van der Waals surface area contributed by atoms with Gasteiger partial charge in [0, 0.05) is 37.0 Å². The predicted molar refractivity (Wildman–Crippen MR) is 111 cm³/mol. The number of amides is 1. The molecule has 1 aliphatic heterocycles. The number of H-pyrrole nitrogens is 1. The molecule has 30 heavy (non-hydrogen) atoms. The zero-order chi connectivity index (χ0) is 20.9. The molecule has 1 amide bonds. The Kier molecular flexibility index (Phi) is 6.07. The van der Waals surface area contributed by atoms with Crippen molar-refractivity contribution in [2.45, 2.75) is 38.6 Å². The molecule has 1 N–H and O–H groups in total. The van der Waals surface area contributed by atoms with E-state index in [4.69, 9.17) is 4.74 Å². The van der Waals surface area contributed by atoms with Crippen LogP contribution in [0, 0.1) is 12.7 Å². The van der Waals surface area contributed by atoms with Crippen LogP contribution >= 0.6 is 0 Å². The molecule has 6 nitrogen and oxygen atoms in total. The molecule has 0 spiro atoms. The summed E-state index contributed by atoms with van der Waals surface area (Å²) < 4.78 is 18.8. The SMILES string of the molecule is Cc1cnccc1-c1cn[nH]c1C1CCCN1C(=O)CCCOc1cccc(F)c1. The lowest BCUT2D eigenvalue weighted by Gasteiger charge is -2.25. The maximum atomic E-state index is 13.2. The molecule has 7 heteroatoms. The Labute approximate surface area is 175 Å². The third-order valence-electron chi connectivity index (χ3n) is 5.49. The molecule has 0 saturated carbocycles. The van der Waals surface area contributed by atoms with Crippen molar-refractivity contribution < 1.29 is 13.9 Å². The van der Waals surface area contributed by atoms with Gasteiger partial charge in [-0.25, -0.2) is 4.39 Å². The van der Waals surface area contributed by atoms with Gasteiger partial charge in [0.2, 0.25) is 5.91 Å². The monoisotopic (exact) mass is 408 g/mol. The number of carbonyl (C=O) groups is 1. The van der Waals surface area contributed by atoms with Crippen LogP contribution in [0.2, 0.25) is 0 Å². The summed E-state index contributed by atoms with van der Waals surface area (Å²) in [4.78, 5) is 19.0. The lowest BCUT2D eigenvalue weighted by molar-refractivity contribution is -0.132. The molecule has 156 valence electrons. The Morgan fingerprint density at radius 3 is 3.03 bits per heavy atom. The summed E-state index contributed by atoms with van der Waals surface area (Å²) in [5, 5.41) is 7.39. The zero-order valence-corrected chi connectivity index (χ0v) is 17.0. The van der Waals surface area contributed by atoms with Crippen LogP contribution < -0.4 is 4.74 Å². The highest BCUT2D eigenvalue weighted by Gasteiger charge is 2.32. The van der Waals surface area contributed by atoms with Gasteiger partial charge >= 0.3 is 0 Å². The van der Waals surface area contributed by atoms with E-state index >= 15 is 0 Å². The molecule has 1 aliphatic rings. The molecule has 0 radical (unpaired) electrons. The van der Waals surface area contributed by atoms with E-state index < -0.39 is 0 Å². The van der Waals surface area contributed by atoms with Crippen molar-refractivity contribution in [3.05, 3.63) is 66.0 Å². The average molecular weight is 408 g/mol. The topological polar surface area (TPSA) is 71.1 Å². The minimum Gasteiger partial charge on any atom is -0.493 e. The summed E-state index contributed by atoms with van der Waals surface area (Å²) >= 11 is 0. The Morgan fingerprint density at radius 1 is 1.30 bits per heavy atom. The van der Waals surface area contributed by atoms with Crippen LogP contribution in [0.25, 0.3) is 11.1 Å². The second kappa shape index (κ2) is 9.07. The van der Waals surface area contributed by atoms with E-state index in [2.05, 4.69) is 15.2 Å². The number of nitrogens with one attached hydrogen (secondary N) is 1. The Balaban J connectivity index is 1.39. The largest absolute Gasteiger partial charge is 0.493 e. The molecular weight excluding hydrogens is 383 g/mol. The average Bonchev–Trinajstić information content (AvgIpc) is 3.40. The molecule has 1 saturated heterocycles. The molecule has 0 bridgehead atoms. The molecule has 1 fully saturated rings. The number of likely N-dealkylation sites (tertiary alicyclic amines) is 1. The predicted octanol–water partition coefficient (Wildman–Crippen LogP) is 4.44. The Hall–Kier alpha value is -3.22. The second-order valence-corrected chi connectivity index (χ2v) is 7.54. The third kappa shape index (κ3) is 4.35. The molecule has 1 atom stereocenters. The van der Waals surface area contributed by atoms with Crippen LogP contribution in [0.4, 0.5) is 4.39 Å². The van der Waals surface area contributed by atoms with E-state index in [0.29, 0.717) is 25.2 Å². The first-order valence-corrected chi connectivity index (χ1v) is 10.3. The van der Waals surface area contributed by atoms with Crippen LogP contribution in [0.3, 0.4) is 0 Å². The van der Waals surface area contributed by atoms with Crippen molar-refractivity contribution in [3.8, 4) is 16.9 Å².